The van der Waals surface area contributed by atoms with Crippen molar-refractivity contribution in [3.05, 3.63) is 47.4 Å². The van der Waals surface area contributed by atoms with Gasteiger partial charge in [-0.25, -0.2) is 20.4 Å². The van der Waals surface area contributed by atoms with Crippen LogP contribution < -0.4 is 10.3 Å². The molecule has 4 heterocycles. The standard InChI is InChI=1S/C20H23FN6S/c1-4-15(16-9-10-22-26(16)3)23-19-13(2)28-20(25-19)14-7-8-17(24-18(14)21)27-11-5-6-12-27/h4,7-9,22H,1,5-6,10-12H2,2-3H3/b23-15+. The fourth-order valence-electron chi connectivity index (χ4n) is 3.41. The first-order valence-electron chi connectivity index (χ1n) is 9.35. The van der Waals surface area contributed by atoms with Crippen molar-refractivity contribution in [1.29, 1.82) is 0 Å². The summed E-state index contributed by atoms with van der Waals surface area (Å²) in [7, 11) is 1.93. The van der Waals surface area contributed by atoms with Crippen LogP contribution in [0.2, 0.25) is 0 Å². The van der Waals surface area contributed by atoms with Gasteiger partial charge in [-0.2, -0.15) is 4.39 Å². The molecule has 2 aliphatic heterocycles. The maximum absolute atomic E-state index is 14.7. The van der Waals surface area contributed by atoms with Gasteiger partial charge in [-0.1, -0.05) is 6.58 Å². The van der Waals surface area contributed by atoms with Crippen molar-refractivity contribution in [2.75, 3.05) is 31.6 Å². The lowest BCUT2D eigenvalue weighted by Gasteiger charge is -2.16. The van der Waals surface area contributed by atoms with E-state index in [2.05, 4.69) is 31.9 Å². The van der Waals surface area contributed by atoms with Crippen molar-refractivity contribution >= 4 is 28.7 Å². The fourth-order valence-corrected chi connectivity index (χ4v) is 4.28. The number of nitrogens with one attached hydrogen (secondary N) is 1. The molecule has 6 nitrogen and oxygen atoms in total. The molecule has 1 saturated heterocycles. The molecule has 2 aromatic rings. The number of hydrazine groups is 1. The van der Waals surface area contributed by atoms with Crippen LogP contribution in [0.3, 0.4) is 0 Å². The predicted molar refractivity (Wildman–Crippen MR) is 113 cm³/mol. The monoisotopic (exact) mass is 398 g/mol. The number of aromatic nitrogens is 2. The Labute approximate surface area is 168 Å². The summed E-state index contributed by atoms with van der Waals surface area (Å²) >= 11 is 1.42. The molecule has 28 heavy (non-hydrogen) atoms. The van der Waals surface area contributed by atoms with E-state index in [0.717, 1.165) is 48.8 Å². The smallest absolute Gasteiger partial charge is 0.225 e. The average molecular weight is 399 g/mol. The van der Waals surface area contributed by atoms with Crippen molar-refractivity contribution in [2.24, 2.45) is 4.99 Å². The number of nitrogens with zero attached hydrogens (tertiary/aromatic N) is 5. The fraction of sp³-hybridized carbons (Fsp3) is 0.350. The van der Waals surface area contributed by atoms with Crippen LogP contribution in [0.5, 0.6) is 0 Å². The predicted octanol–water partition coefficient (Wildman–Crippen LogP) is 3.85. The Morgan fingerprint density at radius 3 is 2.75 bits per heavy atom. The van der Waals surface area contributed by atoms with Crippen molar-refractivity contribution in [3.63, 3.8) is 0 Å². The SMILES string of the molecule is C=C/C(=N\c1nc(-c2ccc(N3CCCC3)nc2F)sc1C)C1=CCNN1C. The Hall–Kier alpha value is -2.58. The van der Waals surface area contributed by atoms with Crippen molar-refractivity contribution < 1.29 is 4.39 Å². The molecule has 0 aliphatic carbocycles. The molecule has 0 bridgehead atoms. The van der Waals surface area contributed by atoms with E-state index in [1.54, 1.807) is 12.1 Å². The van der Waals surface area contributed by atoms with Crippen LogP contribution in [-0.2, 0) is 0 Å². The molecular weight excluding hydrogens is 375 g/mol. The second-order valence-electron chi connectivity index (χ2n) is 6.81. The molecule has 0 unspecified atom stereocenters. The first-order chi connectivity index (χ1) is 13.6. The van der Waals surface area contributed by atoms with E-state index < -0.39 is 5.95 Å². The molecule has 0 aromatic carbocycles. The number of pyridine rings is 1. The van der Waals surface area contributed by atoms with Crippen LogP contribution >= 0.6 is 11.3 Å². The normalized spacial score (nSPS) is 17.4. The Morgan fingerprint density at radius 1 is 1.32 bits per heavy atom. The van der Waals surface area contributed by atoms with Crippen LogP contribution in [0, 0.1) is 12.9 Å². The molecule has 0 radical (unpaired) electrons. The number of allylic oxidation sites excluding steroid dienone is 1. The van der Waals surface area contributed by atoms with Crippen LogP contribution in [0.4, 0.5) is 16.0 Å². The molecule has 2 aromatic heterocycles. The van der Waals surface area contributed by atoms with Crippen molar-refractivity contribution in [1.82, 2.24) is 20.4 Å². The van der Waals surface area contributed by atoms with Gasteiger partial charge in [-0.05, 0) is 44.1 Å². The molecule has 0 amide bonds. The van der Waals surface area contributed by atoms with Gasteiger partial charge in [0.15, 0.2) is 5.82 Å². The van der Waals surface area contributed by atoms with E-state index >= 15 is 0 Å². The summed E-state index contributed by atoms with van der Waals surface area (Å²) < 4.78 is 14.7. The van der Waals surface area contributed by atoms with Gasteiger partial charge in [-0.3, -0.25) is 0 Å². The summed E-state index contributed by atoms with van der Waals surface area (Å²) in [5, 5.41) is 2.49. The summed E-state index contributed by atoms with van der Waals surface area (Å²) in [5.74, 6) is 0.794. The molecule has 1 N–H and O–H groups in total. The average Bonchev–Trinajstić information content (AvgIpc) is 3.42. The van der Waals surface area contributed by atoms with Gasteiger partial charge in [0.1, 0.15) is 10.8 Å². The van der Waals surface area contributed by atoms with E-state index in [4.69, 9.17) is 0 Å². The van der Waals surface area contributed by atoms with Crippen LogP contribution in [0.15, 0.2) is 41.6 Å². The molecular formula is C20H23FN6S. The Kier molecular flexibility index (Phi) is 5.23. The number of anilines is 1. The van der Waals surface area contributed by atoms with Gasteiger partial charge >= 0.3 is 0 Å². The zero-order valence-corrected chi connectivity index (χ0v) is 16.9. The van der Waals surface area contributed by atoms with E-state index in [1.165, 1.54) is 11.3 Å². The lowest BCUT2D eigenvalue weighted by molar-refractivity contribution is 0.360. The molecule has 0 saturated carbocycles. The molecule has 146 valence electrons. The minimum absolute atomic E-state index is 0.413. The number of aryl methyl sites for hydroxylation is 1. The summed E-state index contributed by atoms with van der Waals surface area (Å²) in [4.78, 5) is 16.4. The number of thiazole rings is 1. The van der Waals surface area contributed by atoms with E-state index in [0.29, 0.717) is 22.2 Å². The molecule has 0 spiro atoms. The zero-order valence-electron chi connectivity index (χ0n) is 16.1. The molecule has 0 atom stereocenters. The Morgan fingerprint density at radius 2 is 2.11 bits per heavy atom. The zero-order chi connectivity index (χ0) is 19.7. The van der Waals surface area contributed by atoms with Gasteiger partial charge in [0.2, 0.25) is 5.95 Å². The van der Waals surface area contributed by atoms with Gasteiger partial charge < -0.3 is 9.91 Å². The first kappa shape index (κ1) is 18.8. The third-order valence-corrected chi connectivity index (χ3v) is 5.93. The number of rotatable bonds is 5. The summed E-state index contributed by atoms with van der Waals surface area (Å²) in [6.07, 6.45) is 6.01. The Bertz CT molecular complexity index is 958. The first-order valence-corrected chi connectivity index (χ1v) is 10.2. The maximum atomic E-state index is 14.7. The number of hydrogen-bond acceptors (Lipinski definition) is 7. The van der Waals surface area contributed by atoms with Gasteiger partial charge in [0, 0.05) is 31.6 Å². The number of aliphatic imine (C=N–C) groups is 1. The van der Waals surface area contributed by atoms with Crippen molar-refractivity contribution in [2.45, 2.75) is 19.8 Å². The van der Waals surface area contributed by atoms with E-state index in [-0.39, 0.29) is 0 Å². The van der Waals surface area contributed by atoms with E-state index in [1.807, 2.05) is 31.1 Å². The quantitative estimate of drug-likeness (QED) is 0.613. The van der Waals surface area contributed by atoms with Gasteiger partial charge in [0.25, 0.3) is 0 Å². The minimum atomic E-state index is -0.486. The Balaban J connectivity index is 1.64. The second kappa shape index (κ2) is 7.81. The molecule has 2 aliphatic rings. The highest BCUT2D eigenvalue weighted by molar-refractivity contribution is 7.15. The largest absolute Gasteiger partial charge is 0.357 e. The molecule has 4 rings (SSSR count). The number of halogens is 1. The number of hydrogen-bond donors (Lipinski definition) is 1. The summed E-state index contributed by atoms with van der Waals surface area (Å²) in [6.45, 7) is 8.43. The summed E-state index contributed by atoms with van der Waals surface area (Å²) in [6, 6.07) is 3.65. The van der Waals surface area contributed by atoms with Gasteiger partial charge in [0.05, 0.1) is 17.0 Å². The van der Waals surface area contributed by atoms with E-state index in [9.17, 15) is 4.39 Å². The third-order valence-electron chi connectivity index (χ3n) is 4.93. The lowest BCUT2D eigenvalue weighted by Crippen LogP contribution is -2.29. The third kappa shape index (κ3) is 3.57. The van der Waals surface area contributed by atoms with Crippen LogP contribution in [0.1, 0.15) is 17.7 Å². The minimum Gasteiger partial charge on any atom is -0.357 e. The molecule has 8 heteroatoms. The molecule has 1 fully saturated rings. The highest BCUT2D eigenvalue weighted by atomic mass is 32.1. The van der Waals surface area contributed by atoms with Crippen LogP contribution in [-0.4, -0.2) is 47.4 Å². The van der Waals surface area contributed by atoms with Crippen LogP contribution in [0.25, 0.3) is 10.6 Å². The second-order valence-corrected chi connectivity index (χ2v) is 8.02. The van der Waals surface area contributed by atoms with Gasteiger partial charge in [-0.15, -0.1) is 11.3 Å². The highest BCUT2D eigenvalue weighted by Crippen LogP contribution is 2.34. The topological polar surface area (TPSA) is 56.7 Å². The highest BCUT2D eigenvalue weighted by Gasteiger charge is 2.19. The summed E-state index contributed by atoms with van der Waals surface area (Å²) in [5.41, 5.74) is 5.28. The van der Waals surface area contributed by atoms with Crippen molar-refractivity contribution in [3.8, 4) is 10.6 Å². The maximum Gasteiger partial charge on any atom is 0.225 e. The lowest BCUT2D eigenvalue weighted by atomic mass is 10.2.